The van der Waals surface area contributed by atoms with E-state index in [9.17, 15) is 34.2 Å². The molecule has 0 saturated carbocycles. The van der Waals surface area contributed by atoms with Crippen molar-refractivity contribution in [2.75, 3.05) is 19.6 Å². The third-order valence-electron chi connectivity index (χ3n) is 9.34. The van der Waals surface area contributed by atoms with E-state index in [4.69, 9.17) is 40.1 Å². The molecule has 0 unspecified atom stereocenters. The van der Waals surface area contributed by atoms with E-state index >= 15 is 0 Å². The summed E-state index contributed by atoms with van der Waals surface area (Å²) in [5.74, 6) is -4.79. The molecule has 0 spiro atoms. The van der Waals surface area contributed by atoms with Gasteiger partial charge in [-0.1, -0.05) is 54.6 Å². The Hall–Kier alpha value is -7.16. The van der Waals surface area contributed by atoms with Gasteiger partial charge in [0.05, 0.1) is 6.04 Å². The largest absolute Gasteiger partial charge is 0.508 e. The van der Waals surface area contributed by atoms with Gasteiger partial charge in [0.25, 0.3) is 0 Å². The number of carboxylic acid groups (broad SMARTS) is 1. The van der Waals surface area contributed by atoms with Crippen LogP contribution < -0.4 is 61.4 Å². The Bertz CT molecular complexity index is 2030. The van der Waals surface area contributed by atoms with Crippen LogP contribution in [0, 0.1) is 0 Å². The number of phenols is 1. The van der Waals surface area contributed by atoms with Crippen molar-refractivity contribution in [3.8, 4) is 5.75 Å². The van der Waals surface area contributed by atoms with Gasteiger partial charge in [-0.2, -0.15) is 0 Å². The Morgan fingerprint density at radius 2 is 0.951 bits per heavy atom. The Morgan fingerprint density at radius 1 is 0.525 bits per heavy atom. The fourth-order valence-corrected chi connectivity index (χ4v) is 6.17. The van der Waals surface area contributed by atoms with Crippen LogP contribution in [0.5, 0.6) is 5.75 Å². The van der Waals surface area contributed by atoms with Gasteiger partial charge in [0.2, 0.25) is 23.6 Å². The van der Waals surface area contributed by atoms with Crippen molar-refractivity contribution in [2.24, 2.45) is 55.1 Å². The Morgan fingerprint density at radius 3 is 1.48 bits per heavy atom. The molecule has 0 aliphatic heterocycles. The second kappa shape index (κ2) is 24.7. The summed E-state index contributed by atoms with van der Waals surface area (Å²) in [7, 11) is 0. The van der Waals surface area contributed by atoms with Crippen LogP contribution in [0.4, 0.5) is 0 Å². The van der Waals surface area contributed by atoms with Crippen molar-refractivity contribution in [1.29, 1.82) is 0 Å². The number of guanidine groups is 3. The maximum absolute atomic E-state index is 14.4. The van der Waals surface area contributed by atoms with Gasteiger partial charge >= 0.3 is 5.97 Å². The Kier molecular flexibility index (Phi) is 19.5. The van der Waals surface area contributed by atoms with Crippen molar-refractivity contribution < 1.29 is 34.2 Å². The molecule has 3 rings (SSSR count). The summed E-state index contributed by atoms with van der Waals surface area (Å²) < 4.78 is 0. The van der Waals surface area contributed by atoms with Gasteiger partial charge in [0.1, 0.15) is 29.9 Å². The molecule has 0 aliphatic carbocycles. The van der Waals surface area contributed by atoms with Crippen LogP contribution in [-0.4, -0.2) is 108 Å². The van der Waals surface area contributed by atoms with Gasteiger partial charge in [-0.05, 0) is 72.6 Å². The lowest BCUT2D eigenvalue weighted by atomic mass is 9.99. The monoisotopic (exact) mass is 846 g/mol. The number of aliphatic imine (C=N–C) groups is 3. The van der Waals surface area contributed by atoms with E-state index in [-0.39, 0.29) is 88.2 Å². The normalized spacial score (nSPS) is 13.3. The number of carbonyl (C=O) groups excluding carboxylic acids is 4. The zero-order valence-electron chi connectivity index (χ0n) is 33.8. The number of hydrogen-bond acceptors (Lipinski definition) is 10. The number of phenolic OH excluding ortho intramolecular Hbond substituents is 1. The van der Waals surface area contributed by atoms with Crippen LogP contribution in [-0.2, 0) is 36.8 Å². The van der Waals surface area contributed by atoms with Crippen LogP contribution in [0.3, 0.4) is 0 Å². The molecule has 0 bridgehead atoms. The minimum Gasteiger partial charge on any atom is -0.508 e. The van der Waals surface area contributed by atoms with Crippen LogP contribution in [0.1, 0.15) is 49.7 Å². The van der Waals surface area contributed by atoms with Crippen LogP contribution in [0.15, 0.2) is 81.7 Å². The van der Waals surface area contributed by atoms with Crippen molar-refractivity contribution >= 4 is 58.2 Å². The van der Waals surface area contributed by atoms with Crippen molar-refractivity contribution in [2.45, 2.75) is 81.6 Å². The fourth-order valence-electron chi connectivity index (χ4n) is 6.17. The van der Waals surface area contributed by atoms with Gasteiger partial charge in [0, 0.05) is 32.5 Å². The molecular weight excluding hydrogens is 789 g/mol. The highest BCUT2D eigenvalue weighted by molar-refractivity contribution is 5.96. The number of amides is 4. The number of aliphatic carboxylic acids is 1. The Labute approximate surface area is 353 Å². The minimum atomic E-state index is -1.37. The van der Waals surface area contributed by atoms with Gasteiger partial charge in [-0.15, -0.1) is 0 Å². The quantitative estimate of drug-likeness (QED) is 0.0246. The van der Waals surface area contributed by atoms with Gasteiger partial charge in [-0.3, -0.25) is 34.2 Å². The number of benzene rings is 3. The van der Waals surface area contributed by atoms with E-state index in [2.05, 4.69) is 36.2 Å². The molecule has 21 nitrogen and oxygen atoms in total. The molecule has 0 aromatic heterocycles. The van der Waals surface area contributed by atoms with Crippen LogP contribution in [0.25, 0.3) is 10.8 Å². The van der Waals surface area contributed by atoms with Gasteiger partial charge in [0.15, 0.2) is 17.9 Å². The third kappa shape index (κ3) is 17.7. The van der Waals surface area contributed by atoms with E-state index in [1.54, 1.807) is 18.2 Å². The summed E-state index contributed by atoms with van der Waals surface area (Å²) in [6, 6.07) is 12.7. The van der Waals surface area contributed by atoms with E-state index in [0.717, 1.165) is 10.8 Å². The summed E-state index contributed by atoms with van der Waals surface area (Å²) in [6.07, 6.45) is 0.878. The van der Waals surface area contributed by atoms with Gasteiger partial charge < -0.3 is 71.6 Å². The highest BCUT2D eigenvalue weighted by Gasteiger charge is 2.32. The average molecular weight is 847 g/mol. The molecule has 0 fully saturated rings. The number of rotatable bonds is 25. The molecule has 4 amide bonds. The number of nitrogens with zero attached hydrogens (tertiary/aromatic N) is 3. The summed E-state index contributed by atoms with van der Waals surface area (Å²) in [4.78, 5) is 79.6. The van der Waals surface area contributed by atoms with E-state index < -0.39 is 59.8 Å². The third-order valence-corrected chi connectivity index (χ3v) is 9.34. The summed E-state index contributed by atoms with van der Waals surface area (Å²) in [5.41, 5.74) is 39.8. The second-order valence-electron chi connectivity index (χ2n) is 14.3. The molecule has 3 aromatic rings. The maximum Gasteiger partial charge on any atom is 0.326 e. The molecular formula is C40H58N14O7. The summed E-state index contributed by atoms with van der Waals surface area (Å²) in [6.45, 7) is 0.486. The van der Waals surface area contributed by atoms with Crippen LogP contribution in [0.2, 0.25) is 0 Å². The molecule has 330 valence electrons. The lowest BCUT2D eigenvalue weighted by Crippen LogP contribution is -2.59. The number of fused-ring (bicyclic) bond motifs is 1. The van der Waals surface area contributed by atoms with E-state index in [1.807, 2.05) is 36.4 Å². The SMILES string of the molecule is NC(N)=NCCC[C@H](NC(=O)[C@@H](Cc1ccc(O)cc1)NC(=O)[C@H](Cc1ccc2ccccc2c1)NC(=O)[C@H](CCCN=C(N)N)NC(=O)[C@@H](N)CCCN=C(N)N)C(=O)O. The lowest BCUT2D eigenvalue weighted by Gasteiger charge is -2.27. The van der Waals surface area contributed by atoms with Crippen molar-refractivity contribution in [1.82, 2.24) is 21.3 Å². The fraction of sp³-hybridized carbons (Fsp3) is 0.400. The topological polar surface area (TPSA) is 393 Å². The predicted octanol–water partition coefficient (Wildman–Crippen LogP) is -2.16. The average Bonchev–Trinajstić information content (AvgIpc) is 3.21. The van der Waals surface area contributed by atoms with Crippen molar-refractivity contribution in [3.05, 3.63) is 77.9 Å². The van der Waals surface area contributed by atoms with Crippen molar-refractivity contribution in [3.63, 3.8) is 0 Å². The first kappa shape index (κ1) is 48.2. The molecule has 0 radical (unpaired) electrons. The zero-order valence-corrected chi connectivity index (χ0v) is 33.8. The maximum atomic E-state index is 14.4. The number of carbonyl (C=O) groups is 5. The molecule has 0 saturated heterocycles. The first-order valence-corrected chi connectivity index (χ1v) is 19.6. The molecule has 20 N–H and O–H groups in total. The van der Waals surface area contributed by atoms with Crippen LogP contribution >= 0.6 is 0 Å². The predicted molar refractivity (Wildman–Crippen MR) is 233 cm³/mol. The number of aromatic hydroxyl groups is 1. The smallest absolute Gasteiger partial charge is 0.326 e. The van der Waals surface area contributed by atoms with Gasteiger partial charge in [-0.25, -0.2) is 4.79 Å². The standard InChI is InChI=1S/C40H58N14O7/c41-28(8-3-17-48-38(42)43)33(56)51-29(9-4-18-49-39(44)45)34(57)53-32(22-24-11-14-25-6-1-2-7-26(25)20-24)36(59)54-31(21-23-12-15-27(55)16-13-23)35(58)52-30(37(60)61)10-5-19-50-40(46)47/h1-2,6-7,11-16,20,28-32,55H,3-5,8-10,17-19,21-22,41H2,(H,51,56)(H,52,58)(H,53,57)(H,54,59)(H,60,61)(H4,42,43,48)(H4,44,45,49)(H4,46,47,50)/t28-,29-,30-,31+,32-/m0/s1. The van der Waals surface area contributed by atoms with E-state index in [0.29, 0.717) is 17.5 Å². The highest BCUT2D eigenvalue weighted by atomic mass is 16.4. The number of hydrogen-bond donors (Lipinski definition) is 13. The summed E-state index contributed by atoms with van der Waals surface area (Å²) >= 11 is 0. The molecule has 5 atom stereocenters. The lowest BCUT2D eigenvalue weighted by molar-refractivity contribution is -0.142. The highest BCUT2D eigenvalue weighted by Crippen LogP contribution is 2.18. The van der Waals surface area contributed by atoms with E-state index in [1.165, 1.54) is 12.1 Å². The molecule has 21 heteroatoms. The summed E-state index contributed by atoms with van der Waals surface area (Å²) in [5, 5.41) is 32.3. The molecule has 3 aromatic carbocycles. The second-order valence-corrected chi connectivity index (χ2v) is 14.3. The number of carboxylic acids is 1. The molecule has 61 heavy (non-hydrogen) atoms. The first-order valence-electron chi connectivity index (χ1n) is 19.6. The zero-order chi connectivity index (χ0) is 44.9. The minimum absolute atomic E-state index is 0.0331. The molecule has 0 heterocycles. The number of nitrogens with two attached hydrogens (primary N) is 7. The first-order chi connectivity index (χ1) is 29.0. The number of nitrogens with one attached hydrogen (secondary N) is 4. The Balaban J connectivity index is 1.96. The molecule has 0 aliphatic rings.